The molecule has 2 fully saturated rings. The summed E-state index contributed by atoms with van der Waals surface area (Å²) in [5.74, 6) is 1.93. The molecule has 0 saturated carbocycles. The van der Waals surface area contributed by atoms with E-state index < -0.39 is 5.60 Å². The van der Waals surface area contributed by atoms with Crippen LogP contribution in [0.15, 0.2) is 24.3 Å². The van der Waals surface area contributed by atoms with Crippen LogP contribution < -0.4 is 15.6 Å². The zero-order valence-corrected chi connectivity index (χ0v) is 16.2. The van der Waals surface area contributed by atoms with Crippen molar-refractivity contribution in [2.24, 2.45) is 5.92 Å². The summed E-state index contributed by atoms with van der Waals surface area (Å²) in [4.78, 5) is 14.5. The number of ether oxygens (including phenoxy) is 2. The fraction of sp³-hybridized carbons (Fsp3) is 0.650. The molecule has 1 amide bonds. The van der Waals surface area contributed by atoms with Gasteiger partial charge in [-0.3, -0.25) is 15.6 Å². The third-order valence-electron chi connectivity index (χ3n) is 5.91. The Labute approximate surface area is 156 Å². The topological polar surface area (TPSA) is 62.8 Å². The molecule has 2 unspecified atom stereocenters. The monoisotopic (exact) mass is 361 g/mol. The van der Waals surface area contributed by atoms with Gasteiger partial charge in [0, 0.05) is 38.7 Å². The molecule has 0 spiro atoms. The van der Waals surface area contributed by atoms with Crippen LogP contribution in [0.4, 0.5) is 0 Å². The standard InChI is InChI=1S/C20H31N3O3/c1-20(2,26-4)19(24)23-10-8-14(9-11-23)18-17(13-21-22-18)15-6-5-7-16(12-15)25-3/h5-7,12,14,17-18,21-22H,8-11,13H2,1-4H3. The van der Waals surface area contributed by atoms with Gasteiger partial charge in [-0.15, -0.1) is 0 Å². The summed E-state index contributed by atoms with van der Waals surface area (Å²) in [7, 11) is 3.30. The van der Waals surface area contributed by atoms with Crippen molar-refractivity contribution < 1.29 is 14.3 Å². The number of nitrogens with zero attached hydrogens (tertiary/aromatic N) is 1. The number of piperidine rings is 1. The van der Waals surface area contributed by atoms with E-state index in [1.165, 1.54) is 5.56 Å². The van der Waals surface area contributed by atoms with Crippen LogP contribution in [0, 0.1) is 5.92 Å². The van der Waals surface area contributed by atoms with E-state index in [1.807, 2.05) is 24.8 Å². The maximum absolute atomic E-state index is 12.6. The molecule has 2 aliphatic heterocycles. The summed E-state index contributed by atoms with van der Waals surface area (Å²) in [6.07, 6.45) is 2.01. The Morgan fingerprint density at radius 1 is 1.23 bits per heavy atom. The van der Waals surface area contributed by atoms with Gasteiger partial charge in [-0.2, -0.15) is 0 Å². The smallest absolute Gasteiger partial charge is 0.254 e. The molecule has 2 heterocycles. The van der Waals surface area contributed by atoms with Crippen molar-refractivity contribution in [3.8, 4) is 5.75 Å². The second-order valence-corrected chi connectivity index (χ2v) is 7.78. The molecular weight excluding hydrogens is 330 g/mol. The number of methoxy groups -OCH3 is 2. The molecule has 1 aromatic rings. The average Bonchev–Trinajstić information content (AvgIpc) is 3.17. The molecule has 0 bridgehead atoms. The van der Waals surface area contributed by atoms with E-state index in [9.17, 15) is 4.79 Å². The first-order valence-electron chi connectivity index (χ1n) is 9.43. The first kappa shape index (κ1) is 19.1. The minimum Gasteiger partial charge on any atom is -0.497 e. The summed E-state index contributed by atoms with van der Waals surface area (Å²) in [5.41, 5.74) is 7.36. The van der Waals surface area contributed by atoms with Gasteiger partial charge in [0.05, 0.1) is 7.11 Å². The number of amides is 1. The number of likely N-dealkylation sites (tertiary alicyclic amines) is 1. The lowest BCUT2D eigenvalue weighted by Crippen LogP contribution is -2.51. The van der Waals surface area contributed by atoms with Gasteiger partial charge in [0.25, 0.3) is 5.91 Å². The van der Waals surface area contributed by atoms with E-state index in [-0.39, 0.29) is 5.91 Å². The summed E-state index contributed by atoms with van der Waals surface area (Å²) in [6.45, 7) is 6.16. The minimum atomic E-state index is -0.747. The summed E-state index contributed by atoms with van der Waals surface area (Å²) >= 11 is 0. The zero-order valence-electron chi connectivity index (χ0n) is 16.2. The predicted molar refractivity (Wildman–Crippen MR) is 101 cm³/mol. The lowest BCUT2D eigenvalue weighted by Gasteiger charge is -2.39. The van der Waals surface area contributed by atoms with Crippen LogP contribution in [0.2, 0.25) is 0 Å². The molecule has 1 aromatic carbocycles. The van der Waals surface area contributed by atoms with Gasteiger partial charge in [-0.05, 0) is 50.3 Å². The van der Waals surface area contributed by atoms with E-state index in [4.69, 9.17) is 9.47 Å². The lowest BCUT2D eigenvalue weighted by molar-refractivity contribution is -0.152. The fourth-order valence-electron chi connectivity index (χ4n) is 4.09. The van der Waals surface area contributed by atoms with Crippen LogP contribution in [-0.4, -0.2) is 56.3 Å². The van der Waals surface area contributed by atoms with E-state index in [0.29, 0.717) is 17.9 Å². The van der Waals surface area contributed by atoms with Crippen molar-refractivity contribution in [2.75, 3.05) is 33.9 Å². The normalized spacial score (nSPS) is 24.7. The number of carbonyl (C=O) groups excluding carboxylic acids is 1. The first-order valence-corrected chi connectivity index (χ1v) is 9.43. The van der Waals surface area contributed by atoms with Crippen LogP contribution in [0.25, 0.3) is 0 Å². The highest BCUT2D eigenvalue weighted by Gasteiger charge is 2.39. The molecule has 0 radical (unpaired) electrons. The Kier molecular flexibility index (Phi) is 5.85. The Morgan fingerprint density at radius 2 is 1.96 bits per heavy atom. The second-order valence-electron chi connectivity index (χ2n) is 7.78. The molecular formula is C20H31N3O3. The predicted octanol–water partition coefficient (Wildman–Crippen LogP) is 1.92. The van der Waals surface area contributed by atoms with E-state index in [2.05, 4.69) is 29.1 Å². The Bertz CT molecular complexity index is 626. The van der Waals surface area contributed by atoms with Gasteiger partial charge in [0.2, 0.25) is 0 Å². The Hall–Kier alpha value is -1.63. The number of hydrogen-bond acceptors (Lipinski definition) is 5. The van der Waals surface area contributed by atoms with Crippen LogP contribution in [0.1, 0.15) is 38.2 Å². The van der Waals surface area contributed by atoms with E-state index in [1.54, 1.807) is 14.2 Å². The SMILES string of the molecule is COc1cccc(C2CNNC2C2CCN(C(=O)C(C)(C)OC)CC2)c1. The number of rotatable bonds is 5. The maximum Gasteiger partial charge on any atom is 0.254 e. The van der Waals surface area contributed by atoms with Crippen LogP contribution in [-0.2, 0) is 9.53 Å². The van der Waals surface area contributed by atoms with Crippen molar-refractivity contribution in [1.29, 1.82) is 0 Å². The van der Waals surface area contributed by atoms with Crippen molar-refractivity contribution in [1.82, 2.24) is 15.8 Å². The van der Waals surface area contributed by atoms with Gasteiger partial charge >= 0.3 is 0 Å². The number of hydrogen-bond donors (Lipinski definition) is 2. The van der Waals surface area contributed by atoms with Crippen LogP contribution in [0.5, 0.6) is 5.75 Å². The van der Waals surface area contributed by atoms with Gasteiger partial charge in [0.15, 0.2) is 0 Å². The highest BCUT2D eigenvalue weighted by molar-refractivity contribution is 5.84. The van der Waals surface area contributed by atoms with Crippen LogP contribution in [0.3, 0.4) is 0 Å². The molecule has 0 aromatic heterocycles. The fourth-order valence-corrected chi connectivity index (χ4v) is 4.09. The van der Waals surface area contributed by atoms with Crippen LogP contribution >= 0.6 is 0 Å². The van der Waals surface area contributed by atoms with Crippen molar-refractivity contribution in [3.63, 3.8) is 0 Å². The first-order chi connectivity index (χ1) is 12.5. The van der Waals surface area contributed by atoms with Gasteiger partial charge in [0.1, 0.15) is 11.4 Å². The highest BCUT2D eigenvalue weighted by atomic mass is 16.5. The quantitative estimate of drug-likeness (QED) is 0.839. The van der Waals surface area contributed by atoms with Crippen molar-refractivity contribution in [2.45, 2.75) is 44.2 Å². The molecule has 2 aliphatic rings. The number of hydrazine groups is 1. The third kappa shape index (κ3) is 3.87. The molecule has 0 aliphatic carbocycles. The largest absolute Gasteiger partial charge is 0.497 e. The minimum absolute atomic E-state index is 0.0836. The molecule has 3 rings (SSSR count). The summed E-state index contributed by atoms with van der Waals surface area (Å²) in [5, 5.41) is 0. The molecule has 26 heavy (non-hydrogen) atoms. The van der Waals surface area contributed by atoms with Gasteiger partial charge in [-0.1, -0.05) is 12.1 Å². The molecule has 6 heteroatoms. The lowest BCUT2D eigenvalue weighted by atomic mass is 9.80. The Morgan fingerprint density at radius 3 is 2.62 bits per heavy atom. The van der Waals surface area contributed by atoms with E-state index >= 15 is 0 Å². The third-order valence-corrected chi connectivity index (χ3v) is 5.91. The zero-order chi connectivity index (χ0) is 18.7. The molecule has 144 valence electrons. The molecule has 2 N–H and O–H groups in total. The van der Waals surface area contributed by atoms with Crippen molar-refractivity contribution in [3.05, 3.63) is 29.8 Å². The highest BCUT2D eigenvalue weighted by Crippen LogP contribution is 2.34. The second kappa shape index (κ2) is 7.94. The Balaban J connectivity index is 1.64. The number of nitrogens with one attached hydrogen (secondary N) is 2. The van der Waals surface area contributed by atoms with Gasteiger partial charge in [-0.25, -0.2) is 0 Å². The average molecular weight is 361 g/mol. The summed E-state index contributed by atoms with van der Waals surface area (Å²) < 4.78 is 10.7. The molecule has 2 saturated heterocycles. The van der Waals surface area contributed by atoms with Crippen molar-refractivity contribution >= 4 is 5.91 Å². The maximum atomic E-state index is 12.6. The van der Waals surface area contributed by atoms with Gasteiger partial charge < -0.3 is 14.4 Å². The van der Waals surface area contributed by atoms with E-state index in [0.717, 1.165) is 38.2 Å². The summed E-state index contributed by atoms with van der Waals surface area (Å²) in [6, 6.07) is 8.71. The number of benzene rings is 1. The molecule has 2 atom stereocenters. The number of carbonyl (C=O) groups is 1. The molecule has 6 nitrogen and oxygen atoms in total.